The maximum Gasteiger partial charge on any atom is 0.229 e. The van der Waals surface area contributed by atoms with Gasteiger partial charge in [-0.25, -0.2) is 4.98 Å². The number of anilines is 2. The maximum absolute atomic E-state index is 9.72. The van der Waals surface area contributed by atoms with Crippen LogP contribution < -0.4 is 16.0 Å². The van der Waals surface area contributed by atoms with Gasteiger partial charge in [-0.05, 0) is 25.8 Å². The van der Waals surface area contributed by atoms with Gasteiger partial charge in [0.25, 0.3) is 0 Å². The van der Waals surface area contributed by atoms with E-state index in [1.54, 1.807) is 13.3 Å². The summed E-state index contributed by atoms with van der Waals surface area (Å²) in [6.45, 7) is 8.21. The summed E-state index contributed by atoms with van der Waals surface area (Å²) in [4.78, 5) is 23.5. The lowest BCUT2D eigenvalue weighted by Crippen LogP contribution is -2.75. The Labute approximate surface area is 202 Å². The van der Waals surface area contributed by atoms with Gasteiger partial charge in [0.15, 0.2) is 0 Å². The van der Waals surface area contributed by atoms with Crippen LogP contribution >= 0.6 is 0 Å². The number of nitriles is 1. The first kappa shape index (κ1) is 23.0. The molecular weight excluding hydrogens is 428 g/mol. The standard InChI is InChI=1S/C24H36N10/c1-27-12-19(11-26)29-23-28-13-21(18-3-4-18)22(30-23)33-16-24(17-33,5-6-25)34-10-9-32-8-7-31(2)14-20(32)15-34/h11-13,18,20H,3-5,7-10,14-17,26H2,1-2H3,(H,28,29,30)/b19-11+,27-12?/t20-/m0/s1. The molecule has 0 radical (unpaired) electrons. The highest BCUT2D eigenvalue weighted by molar-refractivity contribution is 5.82. The number of nitrogens with zero attached hydrogens (tertiary/aromatic N) is 8. The number of allylic oxidation sites excluding steroid dienone is 1. The minimum absolute atomic E-state index is 0.104. The number of fused-ring (bicyclic) bond motifs is 1. The predicted molar refractivity (Wildman–Crippen MR) is 134 cm³/mol. The number of hydrogen-bond acceptors (Lipinski definition) is 10. The van der Waals surface area contributed by atoms with Crippen molar-refractivity contribution in [1.82, 2.24) is 24.7 Å². The van der Waals surface area contributed by atoms with E-state index < -0.39 is 0 Å². The molecule has 10 heteroatoms. The average molecular weight is 465 g/mol. The minimum Gasteiger partial charge on any atom is -0.403 e. The fraction of sp³-hybridized carbons (Fsp3) is 0.667. The van der Waals surface area contributed by atoms with Gasteiger partial charge in [0.1, 0.15) is 5.82 Å². The summed E-state index contributed by atoms with van der Waals surface area (Å²) < 4.78 is 0. The van der Waals surface area contributed by atoms with Crippen LogP contribution in [0, 0.1) is 11.3 Å². The van der Waals surface area contributed by atoms with Crippen molar-refractivity contribution < 1.29 is 0 Å². The lowest BCUT2D eigenvalue weighted by Gasteiger charge is -2.59. The molecule has 0 amide bonds. The number of nitrogens with two attached hydrogens (primary N) is 1. The molecule has 4 aliphatic rings. The SMILES string of the molecule is CN=C/C(=C\N)Nc1ncc(C2CC2)c(N2CC(CC#N)(N3CCN4CCN(C)C[C@H]4C3)C2)n1. The monoisotopic (exact) mass is 464 g/mol. The Morgan fingerprint density at radius 2 is 2.09 bits per heavy atom. The smallest absolute Gasteiger partial charge is 0.229 e. The van der Waals surface area contributed by atoms with Gasteiger partial charge in [0.05, 0.1) is 23.7 Å². The Morgan fingerprint density at radius 3 is 2.79 bits per heavy atom. The molecule has 10 nitrogen and oxygen atoms in total. The molecule has 4 fully saturated rings. The summed E-state index contributed by atoms with van der Waals surface area (Å²) in [6.07, 6.45) is 8.01. The summed E-state index contributed by atoms with van der Waals surface area (Å²) >= 11 is 0. The molecule has 3 aliphatic heterocycles. The van der Waals surface area contributed by atoms with Crippen molar-refractivity contribution in [3.05, 3.63) is 23.7 Å². The van der Waals surface area contributed by atoms with E-state index in [0.29, 0.717) is 30.0 Å². The van der Waals surface area contributed by atoms with E-state index in [1.807, 2.05) is 6.20 Å². The van der Waals surface area contributed by atoms with E-state index in [-0.39, 0.29) is 5.54 Å². The highest BCUT2D eigenvalue weighted by Gasteiger charge is 2.51. The first-order valence-electron chi connectivity index (χ1n) is 12.3. The number of hydrogen-bond donors (Lipinski definition) is 2. The quantitative estimate of drug-likeness (QED) is 0.562. The fourth-order valence-corrected chi connectivity index (χ4v) is 5.69. The molecule has 3 saturated heterocycles. The second-order valence-electron chi connectivity index (χ2n) is 10.2. The molecule has 1 aliphatic carbocycles. The van der Waals surface area contributed by atoms with Gasteiger partial charge in [0, 0.05) is 89.6 Å². The predicted octanol–water partition coefficient (Wildman–Crippen LogP) is 0.671. The molecule has 182 valence electrons. The molecular formula is C24H36N10. The van der Waals surface area contributed by atoms with Crippen LogP contribution in [0.1, 0.15) is 30.7 Å². The van der Waals surface area contributed by atoms with Gasteiger partial charge in [-0.15, -0.1) is 0 Å². The van der Waals surface area contributed by atoms with Gasteiger partial charge in [0.2, 0.25) is 5.95 Å². The molecule has 1 atom stereocenters. The first-order valence-corrected chi connectivity index (χ1v) is 12.3. The van der Waals surface area contributed by atoms with Crippen LogP contribution in [0.15, 0.2) is 23.1 Å². The number of nitrogens with one attached hydrogen (secondary N) is 1. The molecule has 5 rings (SSSR count). The Morgan fingerprint density at radius 1 is 1.29 bits per heavy atom. The van der Waals surface area contributed by atoms with Crippen LogP contribution in [-0.2, 0) is 0 Å². The number of aliphatic imine (C=N–C) groups is 1. The van der Waals surface area contributed by atoms with Crippen LogP contribution in [0.2, 0.25) is 0 Å². The third-order valence-electron chi connectivity index (χ3n) is 7.76. The lowest BCUT2D eigenvalue weighted by molar-refractivity contribution is -0.0376. The Hall–Kier alpha value is -2.74. The maximum atomic E-state index is 9.72. The van der Waals surface area contributed by atoms with E-state index in [1.165, 1.54) is 24.6 Å². The normalized spacial score (nSPS) is 26.2. The van der Waals surface area contributed by atoms with Crippen LogP contribution in [0.4, 0.5) is 11.8 Å². The molecule has 0 aromatic carbocycles. The van der Waals surface area contributed by atoms with Crippen molar-refractivity contribution in [2.45, 2.75) is 36.8 Å². The topological polar surface area (TPSA) is 113 Å². The van der Waals surface area contributed by atoms with Crippen molar-refractivity contribution in [3.63, 3.8) is 0 Å². The number of likely N-dealkylation sites (N-methyl/N-ethyl adjacent to an activating group) is 1. The molecule has 0 bridgehead atoms. The van der Waals surface area contributed by atoms with Gasteiger partial charge in [-0.1, -0.05) is 0 Å². The van der Waals surface area contributed by atoms with Crippen molar-refractivity contribution in [2.75, 3.05) is 76.7 Å². The third-order valence-corrected chi connectivity index (χ3v) is 7.76. The summed E-state index contributed by atoms with van der Waals surface area (Å²) in [5, 5.41) is 12.9. The first-order chi connectivity index (χ1) is 16.5. The minimum atomic E-state index is -0.104. The zero-order valence-electron chi connectivity index (χ0n) is 20.3. The molecule has 4 heterocycles. The van der Waals surface area contributed by atoms with Crippen LogP contribution in [-0.4, -0.2) is 109 Å². The molecule has 0 spiro atoms. The van der Waals surface area contributed by atoms with Crippen molar-refractivity contribution >= 4 is 18.0 Å². The largest absolute Gasteiger partial charge is 0.403 e. The zero-order chi connectivity index (χ0) is 23.7. The van der Waals surface area contributed by atoms with Crippen LogP contribution in [0.3, 0.4) is 0 Å². The highest BCUT2D eigenvalue weighted by atomic mass is 15.4. The molecule has 1 saturated carbocycles. The van der Waals surface area contributed by atoms with E-state index in [4.69, 9.17) is 10.7 Å². The van der Waals surface area contributed by atoms with E-state index >= 15 is 0 Å². The summed E-state index contributed by atoms with van der Waals surface area (Å²) in [7, 11) is 3.91. The second-order valence-corrected chi connectivity index (χ2v) is 10.2. The van der Waals surface area contributed by atoms with Gasteiger partial charge in [-0.2, -0.15) is 10.2 Å². The summed E-state index contributed by atoms with van der Waals surface area (Å²) in [6, 6.07) is 3.05. The summed E-state index contributed by atoms with van der Waals surface area (Å²) in [5.41, 5.74) is 7.49. The average Bonchev–Trinajstić information content (AvgIpc) is 3.65. The Balaban J connectivity index is 1.34. The Bertz CT molecular complexity index is 988. The molecule has 1 aromatic heterocycles. The van der Waals surface area contributed by atoms with Crippen molar-refractivity contribution in [2.24, 2.45) is 10.7 Å². The van der Waals surface area contributed by atoms with E-state index in [9.17, 15) is 5.26 Å². The van der Waals surface area contributed by atoms with E-state index in [0.717, 1.165) is 58.2 Å². The molecule has 0 unspecified atom stereocenters. The molecule has 34 heavy (non-hydrogen) atoms. The second kappa shape index (κ2) is 9.49. The van der Waals surface area contributed by atoms with Crippen molar-refractivity contribution in [1.29, 1.82) is 5.26 Å². The van der Waals surface area contributed by atoms with Gasteiger partial charge in [-0.3, -0.25) is 14.8 Å². The Kier molecular flexibility index (Phi) is 6.42. The fourth-order valence-electron chi connectivity index (χ4n) is 5.69. The zero-order valence-corrected chi connectivity index (χ0v) is 20.3. The number of piperazine rings is 2. The third kappa shape index (κ3) is 4.48. The number of rotatable bonds is 7. The van der Waals surface area contributed by atoms with Crippen molar-refractivity contribution in [3.8, 4) is 6.07 Å². The summed E-state index contributed by atoms with van der Waals surface area (Å²) in [5.74, 6) is 2.06. The molecule has 1 aromatic rings. The lowest BCUT2D eigenvalue weighted by atomic mass is 9.83. The number of aromatic nitrogens is 2. The van der Waals surface area contributed by atoms with Gasteiger partial charge < -0.3 is 20.9 Å². The van der Waals surface area contributed by atoms with Crippen LogP contribution in [0.5, 0.6) is 0 Å². The van der Waals surface area contributed by atoms with Crippen LogP contribution in [0.25, 0.3) is 0 Å². The van der Waals surface area contributed by atoms with Gasteiger partial charge >= 0.3 is 0 Å². The molecule has 3 N–H and O–H groups in total. The highest BCUT2D eigenvalue weighted by Crippen LogP contribution is 2.46. The van der Waals surface area contributed by atoms with E-state index in [2.05, 4.69) is 48.0 Å².